The molecule has 2 nitrogen and oxygen atoms in total. The normalized spacial score (nSPS) is 13.3. The van der Waals surface area contributed by atoms with Gasteiger partial charge in [-0.05, 0) is 42.3 Å². The second-order valence-corrected chi connectivity index (χ2v) is 4.37. The standard InChI is InChI=1S/C14H11F4NO/c1-8-6-9(14(16,17)18)2-4-11(8)13(20)12-5-3-10(15)7-19-12/h2-7,13,20H,1H3. The molecule has 20 heavy (non-hydrogen) atoms. The summed E-state index contributed by atoms with van der Waals surface area (Å²) in [5.74, 6) is -0.551. The number of benzene rings is 1. The summed E-state index contributed by atoms with van der Waals surface area (Å²) in [6.07, 6.45) is -4.68. The van der Waals surface area contributed by atoms with Gasteiger partial charge in [0.05, 0.1) is 17.5 Å². The Kier molecular flexibility index (Phi) is 3.76. The third-order valence-electron chi connectivity index (χ3n) is 2.92. The molecule has 0 aliphatic heterocycles. The van der Waals surface area contributed by atoms with Crippen molar-refractivity contribution < 1.29 is 22.7 Å². The maximum atomic E-state index is 12.7. The van der Waals surface area contributed by atoms with Gasteiger partial charge in [-0.25, -0.2) is 4.39 Å². The fraction of sp³-hybridized carbons (Fsp3) is 0.214. The summed E-state index contributed by atoms with van der Waals surface area (Å²) in [5, 5.41) is 10.1. The molecule has 6 heteroatoms. The lowest BCUT2D eigenvalue weighted by Gasteiger charge is -2.15. The van der Waals surface area contributed by atoms with E-state index in [0.29, 0.717) is 11.1 Å². The second kappa shape index (κ2) is 5.20. The summed E-state index contributed by atoms with van der Waals surface area (Å²) in [6, 6.07) is 5.48. The van der Waals surface area contributed by atoms with Crippen molar-refractivity contribution in [1.29, 1.82) is 0 Å². The van der Waals surface area contributed by atoms with Gasteiger partial charge >= 0.3 is 6.18 Å². The number of hydrogen-bond donors (Lipinski definition) is 1. The SMILES string of the molecule is Cc1cc(C(F)(F)F)ccc1C(O)c1ccc(F)cn1. The highest BCUT2D eigenvalue weighted by Crippen LogP contribution is 2.32. The minimum atomic E-state index is -4.43. The van der Waals surface area contributed by atoms with Crippen molar-refractivity contribution in [2.45, 2.75) is 19.2 Å². The molecule has 1 aromatic carbocycles. The van der Waals surface area contributed by atoms with Gasteiger partial charge in [0.2, 0.25) is 0 Å². The first-order valence-corrected chi connectivity index (χ1v) is 5.76. The molecule has 0 spiro atoms. The molecule has 0 bridgehead atoms. The van der Waals surface area contributed by atoms with E-state index >= 15 is 0 Å². The van der Waals surface area contributed by atoms with Crippen LogP contribution in [0.3, 0.4) is 0 Å². The molecule has 0 fully saturated rings. The summed E-state index contributed by atoms with van der Waals surface area (Å²) >= 11 is 0. The van der Waals surface area contributed by atoms with Crippen LogP contribution in [0.1, 0.15) is 28.5 Å². The quantitative estimate of drug-likeness (QED) is 0.855. The summed E-state index contributed by atoms with van der Waals surface area (Å²) < 4.78 is 50.4. The monoisotopic (exact) mass is 285 g/mol. The third-order valence-corrected chi connectivity index (χ3v) is 2.92. The van der Waals surface area contributed by atoms with Crippen LogP contribution in [0, 0.1) is 12.7 Å². The van der Waals surface area contributed by atoms with E-state index in [4.69, 9.17) is 0 Å². The molecule has 0 saturated heterocycles. The van der Waals surface area contributed by atoms with E-state index in [1.807, 2.05) is 0 Å². The van der Waals surface area contributed by atoms with Crippen LogP contribution in [-0.2, 0) is 6.18 Å². The van der Waals surface area contributed by atoms with Crippen LogP contribution >= 0.6 is 0 Å². The molecule has 0 radical (unpaired) electrons. The smallest absolute Gasteiger partial charge is 0.382 e. The molecule has 0 saturated carbocycles. The van der Waals surface area contributed by atoms with E-state index in [0.717, 1.165) is 24.4 Å². The Balaban J connectivity index is 2.36. The van der Waals surface area contributed by atoms with Crippen LogP contribution in [0.4, 0.5) is 17.6 Å². The number of aliphatic hydroxyl groups is 1. The Bertz CT molecular complexity index is 608. The lowest BCUT2D eigenvalue weighted by Crippen LogP contribution is -2.09. The van der Waals surface area contributed by atoms with Gasteiger partial charge < -0.3 is 5.11 Å². The molecule has 0 amide bonds. The van der Waals surface area contributed by atoms with Gasteiger partial charge in [-0.1, -0.05) is 6.07 Å². The number of hydrogen-bond acceptors (Lipinski definition) is 2. The Labute approximate surface area is 112 Å². The van der Waals surface area contributed by atoms with Gasteiger partial charge in [0.25, 0.3) is 0 Å². The van der Waals surface area contributed by atoms with Crippen LogP contribution in [-0.4, -0.2) is 10.1 Å². The molecule has 0 aliphatic rings. The molecule has 1 N–H and O–H groups in total. The number of alkyl halides is 3. The van der Waals surface area contributed by atoms with Gasteiger partial charge in [-0.3, -0.25) is 4.98 Å². The van der Waals surface area contributed by atoms with Crippen molar-refractivity contribution in [2.75, 3.05) is 0 Å². The molecule has 1 aromatic heterocycles. The van der Waals surface area contributed by atoms with E-state index in [1.165, 1.54) is 19.1 Å². The highest BCUT2D eigenvalue weighted by Gasteiger charge is 2.31. The zero-order chi connectivity index (χ0) is 14.9. The highest BCUT2D eigenvalue weighted by atomic mass is 19.4. The van der Waals surface area contributed by atoms with Crippen LogP contribution in [0.5, 0.6) is 0 Å². The number of halogens is 4. The Morgan fingerprint density at radius 2 is 1.85 bits per heavy atom. The van der Waals surface area contributed by atoms with Crippen LogP contribution < -0.4 is 0 Å². The number of pyridine rings is 1. The van der Waals surface area contributed by atoms with Gasteiger partial charge in [0, 0.05) is 0 Å². The van der Waals surface area contributed by atoms with Crippen molar-refractivity contribution in [3.8, 4) is 0 Å². The zero-order valence-electron chi connectivity index (χ0n) is 10.4. The van der Waals surface area contributed by atoms with Crippen LogP contribution in [0.25, 0.3) is 0 Å². The van der Waals surface area contributed by atoms with Gasteiger partial charge in [-0.15, -0.1) is 0 Å². The lowest BCUT2D eigenvalue weighted by molar-refractivity contribution is -0.137. The van der Waals surface area contributed by atoms with E-state index in [1.54, 1.807) is 0 Å². The van der Waals surface area contributed by atoms with Crippen molar-refractivity contribution in [3.63, 3.8) is 0 Å². The predicted molar refractivity (Wildman–Crippen MR) is 64.4 cm³/mol. The van der Waals surface area contributed by atoms with E-state index in [2.05, 4.69) is 4.98 Å². The largest absolute Gasteiger partial charge is 0.416 e. The molecule has 2 rings (SSSR count). The minimum Gasteiger partial charge on any atom is -0.382 e. The summed E-state index contributed by atoms with van der Waals surface area (Å²) in [5.41, 5.74) is -0.0113. The molecule has 1 unspecified atom stereocenters. The highest BCUT2D eigenvalue weighted by molar-refractivity contribution is 5.37. The maximum Gasteiger partial charge on any atom is 0.416 e. The first-order chi connectivity index (χ1) is 9.29. The summed E-state index contributed by atoms with van der Waals surface area (Å²) in [7, 11) is 0. The third kappa shape index (κ3) is 2.96. The average Bonchev–Trinajstić information content (AvgIpc) is 2.37. The number of aliphatic hydroxyl groups excluding tert-OH is 1. The van der Waals surface area contributed by atoms with Crippen LogP contribution in [0.2, 0.25) is 0 Å². The fourth-order valence-electron chi connectivity index (χ4n) is 1.87. The van der Waals surface area contributed by atoms with Gasteiger partial charge in [-0.2, -0.15) is 13.2 Å². The van der Waals surface area contributed by atoms with E-state index in [-0.39, 0.29) is 5.69 Å². The molecular formula is C14H11F4NO. The molecule has 106 valence electrons. The molecule has 2 aromatic rings. The summed E-state index contributed by atoms with van der Waals surface area (Å²) in [6.45, 7) is 1.47. The predicted octanol–water partition coefficient (Wildman–Crippen LogP) is 3.63. The zero-order valence-corrected chi connectivity index (χ0v) is 10.4. The van der Waals surface area contributed by atoms with Crippen molar-refractivity contribution >= 4 is 0 Å². The minimum absolute atomic E-state index is 0.175. The van der Waals surface area contributed by atoms with Crippen molar-refractivity contribution in [3.05, 3.63) is 64.7 Å². The Hall–Kier alpha value is -1.95. The first-order valence-electron chi connectivity index (χ1n) is 5.76. The Morgan fingerprint density at radius 1 is 1.15 bits per heavy atom. The second-order valence-electron chi connectivity index (χ2n) is 4.37. The lowest BCUT2D eigenvalue weighted by atomic mass is 9.98. The number of nitrogens with zero attached hydrogens (tertiary/aromatic N) is 1. The van der Waals surface area contributed by atoms with E-state index in [9.17, 15) is 22.7 Å². The summed E-state index contributed by atoms with van der Waals surface area (Å²) in [4.78, 5) is 3.72. The number of rotatable bonds is 2. The van der Waals surface area contributed by atoms with Crippen LogP contribution in [0.15, 0.2) is 36.5 Å². The van der Waals surface area contributed by atoms with E-state index < -0.39 is 23.7 Å². The Morgan fingerprint density at radius 3 is 2.35 bits per heavy atom. The topological polar surface area (TPSA) is 33.1 Å². The maximum absolute atomic E-state index is 12.7. The molecule has 0 aliphatic carbocycles. The molecule has 1 atom stereocenters. The number of aryl methyl sites for hydroxylation is 1. The average molecular weight is 285 g/mol. The molecule has 1 heterocycles. The van der Waals surface area contributed by atoms with Crippen molar-refractivity contribution in [2.24, 2.45) is 0 Å². The van der Waals surface area contributed by atoms with Gasteiger partial charge in [0.15, 0.2) is 0 Å². The van der Waals surface area contributed by atoms with Gasteiger partial charge in [0.1, 0.15) is 11.9 Å². The number of aromatic nitrogens is 1. The first kappa shape index (κ1) is 14.5. The fourth-order valence-corrected chi connectivity index (χ4v) is 1.87. The van der Waals surface area contributed by atoms with Crippen molar-refractivity contribution in [1.82, 2.24) is 4.98 Å². The molecular weight excluding hydrogens is 274 g/mol.